The molecule has 0 aromatic heterocycles. The van der Waals surface area contributed by atoms with Crippen LogP contribution in [0.5, 0.6) is 0 Å². The Morgan fingerprint density at radius 1 is 1.18 bits per heavy atom. The van der Waals surface area contributed by atoms with E-state index < -0.39 is 5.66 Å². The lowest BCUT2D eigenvalue weighted by atomic mass is 9.84. The lowest BCUT2D eigenvalue weighted by Crippen LogP contribution is -2.55. The summed E-state index contributed by atoms with van der Waals surface area (Å²) in [5.41, 5.74) is 1.19. The largest absolute Gasteiger partial charge is 0.315 e. The number of carbonyl (C=O) groups is 1. The van der Waals surface area contributed by atoms with Crippen LogP contribution in [0.15, 0.2) is 42.5 Å². The molecule has 3 nitrogen and oxygen atoms in total. The van der Waals surface area contributed by atoms with Crippen molar-refractivity contribution in [3.8, 4) is 0 Å². The molecular weight excluding hydrogens is 303 g/mol. The molecule has 22 heavy (non-hydrogen) atoms. The number of hydrogen-bond acceptors (Lipinski definition) is 2. The Hall–Kier alpha value is -1.91. The molecule has 2 aliphatic rings. The summed E-state index contributed by atoms with van der Waals surface area (Å²) in [4.78, 5) is 14.6. The Balaban J connectivity index is 1.90. The van der Waals surface area contributed by atoms with Crippen molar-refractivity contribution in [1.29, 1.82) is 0 Å². The molecular formula is C17H14ClFN2O. The maximum absolute atomic E-state index is 14.2. The van der Waals surface area contributed by atoms with Crippen molar-refractivity contribution >= 4 is 17.5 Å². The molecule has 2 heterocycles. The Labute approximate surface area is 132 Å². The standard InChI is InChI=1S/C17H14ClFN2O/c18-12-6-4-11(5-7-12)17-10-14-13(2-1-3-15(14)19)16(22)21(17)9-8-20-17/h1-7,20H,8-10H2. The van der Waals surface area contributed by atoms with Gasteiger partial charge in [0, 0.05) is 35.7 Å². The molecule has 4 rings (SSSR count). The molecule has 0 aliphatic carbocycles. The quantitative estimate of drug-likeness (QED) is 0.877. The van der Waals surface area contributed by atoms with Gasteiger partial charge in [0.25, 0.3) is 5.91 Å². The zero-order valence-electron chi connectivity index (χ0n) is 11.8. The highest BCUT2D eigenvalue weighted by Crippen LogP contribution is 2.40. The molecule has 112 valence electrons. The van der Waals surface area contributed by atoms with Gasteiger partial charge in [0.2, 0.25) is 0 Å². The van der Waals surface area contributed by atoms with Crippen molar-refractivity contribution in [3.05, 3.63) is 70.0 Å². The van der Waals surface area contributed by atoms with E-state index in [1.54, 1.807) is 29.2 Å². The second kappa shape index (κ2) is 4.80. The highest BCUT2D eigenvalue weighted by molar-refractivity contribution is 6.30. The molecule has 0 radical (unpaired) electrons. The van der Waals surface area contributed by atoms with Crippen molar-refractivity contribution in [2.24, 2.45) is 0 Å². The maximum Gasteiger partial charge on any atom is 0.256 e. The van der Waals surface area contributed by atoms with Gasteiger partial charge >= 0.3 is 0 Å². The summed E-state index contributed by atoms with van der Waals surface area (Å²) in [5, 5.41) is 4.04. The van der Waals surface area contributed by atoms with Crippen LogP contribution in [0.1, 0.15) is 21.5 Å². The van der Waals surface area contributed by atoms with Gasteiger partial charge in [-0.2, -0.15) is 0 Å². The Morgan fingerprint density at radius 2 is 1.95 bits per heavy atom. The second-order valence-electron chi connectivity index (χ2n) is 5.69. The summed E-state index contributed by atoms with van der Waals surface area (Å²) in [5.74, 6) is -0.451. The van der Waals surface area contributed by atoms with E-state index in [9.17, 15) is 9.18 Å². The van der Waals surface area contributed by atoms with Crippen molar-refractivity contribution in [2.75, 3.05) is 13.1 Å². The van der Waals surface area contributed by atoms with E-state index in [1.165, 1.54) is 6.07 Å². The predicted molar refractivity (Wildman–Crippen MR) is 82.3 cm³/mol. The summed E-state index contributed by atoms with van der Waals surface area (Å²) in [6.07, 6.45) is 0.419. The molecule has 2 aromatic rings. The SMILES string of the molecule is O=C1c2cccc(F)c2CC2(c3ccc(Cl)cc3)NCCN12. The third-order valence-corrected chi connectivity index (χ3v) is 4.81. The summed E-state index contributed by atoms with van der Waals surface area (Å²) in [7, 11) is 0. The van der Waals surface area contributed by atoms with Gasteiger partial charge in [0.15, 0.2) is 0 Å². The molecule has 2 aliphatic heterocycles. The number of benzene rings is 2. The van der Waals surface area contributed by atoms with Gasteiger partial charge in [0.1, 0.15) is 11.5 Å². The van der Waals surface area contributed by atoms with E-state index in [4.69, 9.17) is 11.6 Å². The number of rotatable bonds is 1. The summed E-state index contributed by atoms with van der Waals surface area (Å²) in [6.45, 7) is 1.29. The van der Waals surface area contributed by atoms with Crippen molar-refractivity contribution in [2.45, 2.75) is 12.1 Å². The van der Waals surface area contributed by atoms with Crippen LogP contribution in [0, 0.1) is 5.82 Å². The van der Waals surface area contributed by atoms with Crippen molar-refractivity contribution < 1.29 is 9.18 Å². The van der Waals surface area contributed by atoms with Gasteiger partial charge in [0.05, 0.1) is 0 Å². The lowest BCUT2D eigenvalue weighted by Gasteiger charge is -2.43. The molecule has 0 spiro atoms. The second-order valence-corrected chi connectivity index (χ2v) is 6.13. The topological polar surface area (TPSA) is 32.3 Å². The van der Waals surface area contributed by atoms with Gasteiger partial charge in [-0.1, -0.05) is 29.8 Å². The molecule has 1 unspecified atom stereocenters. The third-order valence-electron chi connectivity index (χ3n) is 4.56. The van der Waals surface area contributed by atoms with Gasteiger partial charge in [-0.25, -0.2) is 4.39 Å². The fourth-order valence-corrected chi connectivity index (χ4v) is 3.65. The monoisotopic (exact) mass is 316 g/mol. The molecule has 1 fully saturated rings. The first-order valence-electron chi connectivity index (χ1n) is 7.22. The van der Waals surface area contributed by atoms with Crippen molar-refractivity contribution in [3.63, 3.8) is 0 Å². The number of nitrogens with zero attached hydrogens (tertiary/aromatic N) is 1. The fourth-order valence-electron chi connectivity index (χ4n) is 3.52. The zero-order chi connectivity index (χ0) is 15.3. The van der Waals surface area contributed by atoms with Gasteiger partial charge in [-0.15, -0.1) is 0 Å². The fraction of sp³-hybridized carbons (Fsp3) is 0.235. The van der Waals surface area contributed by atoms with Crippen LogP contribution in [0.4, 0.5) is 4.39 Å². The third kappa shape index (κ3) is 1.81. The summed E-state index contributed by atoms with van der Waals surface area (Å²) >= 11 is 5.97. The van der Waals surface area contributed by atoms with E-state index >= 15 is 0 Å². The first kappa shape index (κ1) is 13.7. The number of nitrogens with one attached hydrogen (secondary N) is 1. The normalized spacial score (nSPS) is 23.4. The molecule has 1 amide bonds. The minimum atomic E-state index is -0.684. The minimum Gasteiger partial charge on any atom is -0.315 e. The average Bonchev–Trinajstić information content (AvgIpc) is 2.95. The van der Waals surface area contributed by atoms with E-state index in [2.05, 4.69) is 5.32 Å². The molecule has 0 bridgehead atoms. The van der Waals surface area contributed by atoms with Crippen LogP contribution < -0.4 is 5.32 Å². The lowest BCUT2D eigenvalue weighted by molar-refractivity contribution is 0.0498. The van der Waals surface area contributed by atoms with E-state index in [-0.39, 0.29) is 11.7 Å². The van der Waals surface area contributed by atoms with Crippen LogP contribution in [-0.4, -0.2) is 23.9 Å². The zero-order valence-corrected chi connectivity index (χ0v) is 12.5. The predicted octanol–water partition coefficient (Wildman–Crippen LogP) is 2.93. The van der Waals surface area contributed by atoms with Crippen LogP contribution >= 0.6 is 11.6 Å². The first-order chi connectivity index (χ1) is 10.6. The average molecular weight is 317 g/mol. The highest BCUT2D eigenvalue weighted by Gasteiger charge is 2.49. The van der Waals surface area contributed by atoms with Crippen molar-refractivity contribution in [1.82, 2.24) is 10.2 Å². The smallest absolute Gasteiger partial charge is 0.256 e. The Bertz CT molecular complexity index is 762. The molecule has 1 atom stereocenters. The van der Waals surface area contributed by atoms with E-state index in [1.807, 2.05) is 12.1 Å². The van der Waals surface area contributed by atoms with Crippen LogP contribution in [0.2, 0.25) is 5.02 Å². The summed E-state index contributed by atoms with van der Waals surface area (Å²) < 4.78 is 14.2. The molecule has 2 aromatic carbocycles. The summed E-state index contributed by atoms with van der Waals surface area (Å²) in [6, 6.07) is 12.1. The van der Waals surface area contributed by atoms with Gasteiger partial charge in [-0.3, -0.25) is 10.1 Å². The highest BCUT2D eigenvalue weighted by atomic mass is 35.5. The van der Waals surface area contributed by atoms with Crippen LogP contribution in [0.3, 0.4) is 0 Å². The molecule has 0 saturated carbocycles. The Kier molecular flexibility index (Phi) is 2.99. The Morgan fingerprint density at radius 3 is 2.73 bits per heavy atom. The van der Waals surface area contributed by atoms with Gasteiger partial charge in [-0.05, 0) is 29.8 Å². The number of halogens is 2. The van der Waals surface area contributed by atoms with Gasteiger partial charge < -0.3 is 4.90 Å². The number of amides is 1. The van der Waals surface area contributed by atoms with E-state index in [0.717, 1.165) is 5.56 Å². The molecule has 1 N–H and O–H groups in total. The number of carbonyl (C=O) groups excluding carboxylic acids is 1. The number of fused-ring (bicyclic) bond motifs is 2. The number of hydrogen-bond donors (Lipinski definition) is 1. The molecule has 5 heteroatoms. The maximum atomic E-state index is 14.2. The van der Waals surface area contributed by atoms with E-state index in [0.29, 0.717) is 35.7 Å². The van der Waals surface area contributed by atoms with Crippen LogP contribution in [-0.2, 0) is 12.1 Å². The van der Waals surface area contributed by atoms with Crippen LogP contribution in [0.25, 0.3) is 0 Å². The minimum absolute atomic E-state index is 0.124. The first-order valence-corrected chi connectivity index (χ1v) is 7.60. The molecule has 1 saturated heterocycles.